The minimum atomic E-state index is -0.327. The van der Waals surface area contributed by atoms with Gasteiger partial charge in [0, 0.05) is 18.9 Å². The van der Waals surface area contributed by atoms with Gasteiger partial charge in [0.1, 0.15) is 0 Å². The van der Waals surface area contributed by atoms with Gasteiger partial charge in [0.2, 0.25) is 0 Å². The van der Waals surface area contributed by atoms with Gasteiger partial charge in [-0.15, -0.1) is 0 Å². The number of hydrogen-bond donors (Lipinski definition) is 0. The Balaban J connectivity index is 2.99. The van der Waals surface area contributed by atoms with E-state index < -0.39 is 0 Å². The van der Waals surface area contributed by atoms with Crippen LogP contribution in [0.2, 0.25) is 6.04 Å². The van der Waals surface area contributed by atoms with Crippen LogP contribution in [0, 0.1) is 0 Å². The average Bonchev–Trinajstić information content (AvgIpc) is 2.16. The molecule has 0 saturated carbocycles. The van der Waals surface area contributed by atoms with E-state index in [0.29, 0.717) is 6.61 Å². The highest BCUT2D eigenvalue weighted by molar-refractivity contribution is 6.35. The normalized spacial score (nSPS) is 10.5. The van der Waals surface area contributed by atoms with E-state index in [4.69, 9.17) is 9.47 Å². The van der Waals surface area contributed by atoms with Crippen LogP contribution < -0.4 is 0 Å². The summed E-state index contributed by atoms with van der Waals surface area (Å²) in [6, 6.07) is 1.17. The molecule has 0 aromatic heterocycles. The zero-order valence-corrected chi connectivity index (χ0v) is 9.67. The van der Waals surface area contributed by atoms with Gasteiger partial charge in [-0.1, -0.05) is 12.6 Å². The summed E-state index contributed by atoms with van der Waals surface area (Å²) in [6.45, 7) is 6.64. The molecule has 3 nitrogen and oxygen atoms in total. The van der Waals surface area contributed by atoms with E-state index in [1.54, 1.807) is 0 Å². The van der Waals surface area contributed by atoms with Crippen LogP contribution in [0.4, 0.5) is 0 Å². The number of hydrogen-bond acceptors (Lipinski definition) is 3. The third-order valence-corrected chi connectivity index (χ3v) is 3.13. The topological polar surface area (TPSA) is 35.5 Å². The fourth-order valence-electron chi connectivity index (χ4n) is 0.859. The lowest BCUT2D eigenvalue weighted by atomic mass is 10.5. The molecule has 0 amide bonds. The largest absolute Gasteiger partial charge is 0.463 e. The number of esters is 1. The molecule has 0 unspecified atom stereocenters. The summed E-state index contributed by atoms with van der Waals surface area (Å²) < 4.78 is 10.0. The smallest absolute Gasteiger partial charge is 0.330 e. The Kier molecular flexibility index (Phi) is 9.03. The monoisotopic (exact) mass is 202 g/mol. The highest BCUT2D eigenvalue weighted by Gasteiger charge is 1.95. The standard InChI is InChI=1S/C9H18O3Si/c1-3-9(10)12-6-5-7-13-8-11-4-2/h3H,1,4-8,13H2,2H3. The lowest BCUT2D eigenvalue weighted by Crippen LogP contribution is -2.06. The van der Waals surface area contributed by atoms with Crippen molar-refractivity contribution in [2.75, 3.05) is 19.4 Å². The third kappa shape index (κ3) is 9.30. The molecule has 0 saturated heterocycles. The van der Waals surface area contributed by atoms with Gasteiger partial charge < -0.3 is 9.47 Å². The molecule has 0 aromatic rings. The van der Waals surface area contributed by atoms with Crippen molar-refractivity contribution in [1.29, 1.82) is 0 Å². The Morgan fingerprint density at radius 1 is 1.62 bits per heavy atom. The first-order valence-corrected chi connectivity index (χ1v) is 6.68. The third-order valence-electron chi connectivity index (χ3n) is 1.55. The molecule has 4 heteroatoms. The van der Waals surface area contributed by atoms with Crippen molar-refractivity contribution in [3.05, 3.63) is 12.7 Å². The number of carbonyl (C=O) groups is 1. The molecule has 0 aromatic carbocycles. The minimum absolute atomic E-state index is 0.0902. The molecule has 0 N–H and O–H groups in total. The van der Waals surface area contributed by atoms with E-state index in [2.05, 4.69) is 6.58 Å². The first-order valence-electron chi connectivity index (χ1n) is 4.68. The molecule has 0 heterocycles. The maximum absolute atomic E-state index is 10.6. The minimum Gasteiger partial charge on any atom is -0.463 e. The second-order valence-electron chi connectivity index (χ2n) is 2.63. The van der Waals surface area contributed by atoms with Gasteiger partial charge in [0.15, 0.2) is 0 Å². The van der Waals surface area contributed by atoms with Gasteiger partial charge >= 0.3 is 5.97 Å². The molecule has 76 valence electrons. The Labute approximate surface area is 81.9 Å². The number of carbonyl (C=O) groups excluding carboxylic acids is 1. The summed E-state index contributed by atoms with van der Waals surface area (Å²) >= 11 is 0. The summed E-state index contributed by atoms with van der Waals surface area (Å²) in [5.41, 5.74) is 0. The SMILES string of the molecule is C=CC(=O)OCCC[SiH2]COCC. The second kappa shape index (κ2) is 9.47. The average molecular weight is 202 g/mol. The van der Waals surface area contributed by atoms with Crippen molar-refractivity contribution in [3.63, 3.8) is 0 Å². The molecule has 0 spiro atoms. The molecule has 0 radical (unpaired) electrons. The van der Waals surface area contributed by atoms with Crippen molar-refractivity contribution in [3.8, 4) is 0 Å². The highest BCUT2D eigenvalue weighted by atomic mass is 28.2. The van der Waals surface area contributed by atoms with Crippen LogP contribution in [0.25, 0.3) is 0 Å². The molecular formula is C9H18O3Si. The molecule has 0 rings (SSSR count). The summed E-state index contributed by atoms with van der Waals surface area (Å²) in [4.78, 5) is 10.6. The van der Waals surface area contributed by atoms with Crippen molar-refractivity contribution in [1.82, 2.24) is 0 Å². The Morgan fingerprint density at radius 3 is 3.00 bits per heavy atom. The van der Waals surface area contributed by atoms with E-state index in [1.807, 2.05) is 6.92 Å². The van der Waals surface area contributed by atoms with E-state index in [9.17, 15) is 4.79 Å². The van der Waals surface area contributed by atoms with E-state index in [0.717, 1.165) is 19.3 Å². The second-order valence-corrected chi connectivity index (χ2v) is 4.45. The fraction of sp³-hybridized carbons (Fsp3) is 0.667. The number of ether oxygens (including phenoxy) is 2. The van der Waals surface area contributed by atoms with Crippen molar-refractivity contribution in [2.24, 2.45) is 0 Å². The van der Waals surface area contributed by atoms with Gasteiger partial charge in [0.05, 0.1) is 16.1 Å². The van der Waals surface area contributed by atoms with Crippen LogP contribution in [0.5, 0.6) is 0 Å². The van der Waals surface area contributed by atoms with Gasteiger partial charge in [-0.3, -0.25) is 0 Å². The zero-order valence-electron chi connectivity index (χ0n) is 8.25. The molecule has 0 aliphatic heterocycles. The van der Waals surface area contributed by atoms with E-state index in [1.165, 1.54) is 12.1 Å². The van der Waals surface area contributed by atoms with E-state index >= 15 is 0 Å². The van der Waals surface area contributed by atoms with Gasteiger partial charge in [0.25, 0.3) is 0 Å². The molecule has 0 aliphatic rings. The Bertz CT molecular complexity index is 148. The van der Waals surface area contributed by atoms with Crippen LogP contribution in [-0.2, 0) is 14.3 Å². The summed E-state index contributed by atoms with van der Waals surface area (Å²) in [5.74, 6) is -0.327. The van der Waals surface area contributed by atoms with Gasteiger partial charge in [-0.25, -0.2) is 4.79 Å². The van der Waals surface area contributed by atoms with Crippen LogP contribution in [0.1, 0.15) is 13.3 Å². The predicted molar refractivity (Wildman–Crippen MR) is 55.6 cm³/mol. The highest BCUT2D eigenvalue weighted by Crippen LogP contribution is 1.91. The summed E-state index contributed by atoms with van der Waals surface area (Å²) in [5, 5.41) is 0. The van der Waals surface area contributed by atoms with Gasteiger partial charge in [-0.05, 0) is 13.3 Å². The molecule has 0 atom stereocenters. The first kappa shape index (κ1) is 12.4. The quantitative estimate of drug-likeness (QED) is 0.251. The maximum Gasteiger partial charge on any atom is 0.330 e. The van der Waals surface area contributed by atoms with Crippen LogP contribution in [-0.4, -0.2) is 34.9 Å². The van der Waals surface area contributed by atoms with Crippen molar-refractivity contribution >= 4 is 15.5 Å². The first-order chi connectivity index (χ1) is 6.31. The fourth-order valence-corrected chi connectivity index (χ4v) is 2.11. The van der Waals surface area contributed by atoms with Crippen molar-refractivity contribution in [2.45, 2.75) is 19.4 Å². The van der Waals surface area contributed by atoms with Crippen LogP contribution in [0.15, 0.2) is 12.7 Å². The Morgan fingerprint density at radius 2 is 2.38 bits per heavy atom. The maximum atomic E-state index is 10.6. The number of rotatable bonds is 8. The zero-order chi connectivity index (χ0) is 9.94. The lowest BCUT2D eigenvalue weighted by Gasteiger charge is -2.01. The van der Waals surface area contributed by atoms with Crippen LogP contribution >= 0.6 is 0 Å². The predicted octanol–water partition coefficient (Wildman–Crippen LogP) is 0.687. The van der Waals surface area contributed by atoms with E-state index in [-0.39, 0.29) is 15.5 Å². The molecular weight excluding hydrogens is 184 g/mol. The van der Waals surface area contributed by atoms with Crippen molar-refractivity contribution < 1.29 is 14.3 Å². The van der Waals surface area contributed by atoms with Gasteiger partial charge in [-0.2, -0.15) is 0 Å². The Hall–Kier alpha value is -0.613. The summed E-state index contributed by atoms with van der Waals surface area (Å²) in [7, 11) is -0.0902. The molecule has 0 bridgehead atoms. The summed E-state index contributed by atoms with van der Waals surface area (Å²) in [6.07, 6.45) is 3.09. The lowest BCUT2D eigenvalue weighted by molar-refractivity contribution is -0.137. The molecule has 0 fully saturated rings. The molecule has 0 aliphatic carbocycles. The molecule has 13 heavy (non-hydrogen) atoms. The van der Waals surface area contributed by atoms with Crippen LogP contribution in [0.3, 0.4) is 0 Å².